The van der Waals surface area contributed by atoms with E-state index in [1.165, 1.54) is 11.8 Å². The van der Waals surface area contributed by atoms with E-state index in [0.717, 1.165) is 25.5 Å². The minimum atomic E-state index is -3.18. The van der Waals surface area contributed by atoms with Crippen LogP contribution in [0.2, 0.25) is 0 Å². The molecule has 1 unspecified atom stereocenters. The van der Waals surface area contributed by atoms with Gasteiger partial charge in [0, 0.05) is 52.1 Å². The minimum Gasteiger partial charge on any atom is -0.381 e. The third kappa shape index (κ3) is 5.14. The number of hydrogen-bond acceptors (Lipinski definition) is 4. The Hall–Kier alpha value is -0.870. The third-order valence-corrected chi connectivity index (χ3v) is 7.86. The van der Waals surface area contributed by atoms with Crippen LogP contribution >= 0.6 is 24.0 Å². The summed E-state index contributed by atoms with van der Waals surface area (Å²) < 4.78 is 29.5. The molecule has 152 valence electrons. The van der Waals surface area contributed by atoms with E-state index in [2.05, 4.69) is 39.5 Å². The topological polar surface area (TPSA) is 71.0 Å². The van der Waals surface area contributed by atoms with Gasteiger partial charge in [0.25, 0.3) is 0 Å². The summed E-state index contributed by atoms with van der Waals surface area (Å²) in [6.07, 6.45) is 3.48. The zero-order chi connectivity index (χ0) is 18.6. The number of guanidine groups is 1. The lowest BCUT2D eigenvalue weighted by Crippen LogP contribution is -2.54. The van der Waals surface area contributed by atoms with Crippen molar-refractivity contribution in [3.63, 3.8) is 0 Å². The fraction of sp³-hybridized carbons (Fsp3) is 0.632. The van der Waals surface area contributed by atoms with E-state index in [1.54, 1.807) is 7.05 Å². The van der Waals surface area contributed by atoms with Crippen molar-refractivity contribution in [2.24, 2.45) is 4.99 Å². The molecule has 2 aliphatic heterocycles. The van der Waals surface area contributed by atoms with E-state index in [-0.39, 0.29) is 24.0 Å². The van der Waals surface area contributed by atoms with Crippen molar-refractivity contribution in [2.45, 2.75) is 29.9 Å². The molecule has 3 rings (SSSR count). The van der Waals surface area contributed by atoms with Crippen LogP contribution in [0.25, 0.3) is 0 Å². The number of rotatable bonds is 4. The Kier molecular flexibility index (Phi) is 7.94. The van der Waals surface area contributed by atoms with Crippen molar-refractivity contribution >= 4 is 39.8 Å². The standard InChI is InChI=1S/C19H29N3O3S.HI/c1-20-18(21-15-19(26(2,23)24)9-12-25-13-10-19)22-11-8-17(14-22)16-6-4-3-5-7-16;/h3-7,17H,8-15H2,1-2H3,(H,20,21);1H. The highest BCUT2D eigenvalue weighted by Crippen LogP contribution is 2.30. The molecule has 1 N–H and O–H groups in total. The van der Waals surface area contributed by atoms with Gasteiger partial charge in [-0.1, -0.05) is 30.3 Å². The SMILES string of the molecule is CN=C(NCC1(S(C)(=O)=O)CCOCC1)N1CCC(c2ccccc2)C1.I. The number of ether oxygens (including phenoxy) is 1. The van der Waals surface area contributed by atoms with E-state index in [9.17, 15) is 8.42 Å². The first-order valence-electron chi connectivity index (χ1n) is 9.23. The molecule has 0 radical (unpaired) electrons. The van der Waals surface area contributed by atoms with Gasteiger partial charge in [0.15, 0.2) is 15.8 Å². The summed E-state index contributed by atoms with van der Waals surface area (Å²) in [5.74, 6) is 1.28. The second-order valence-corrected chi connectivity index (χ2v) is 9.72. The van der Waals surface area contributed by atoms with Crippen LogP contribution in [-0.4, -0.2) is 70.2 Å². The molecule has 2 aliphatic rings. The molecular formula is C19H30IN3O3S. The predicted molar refractivity (Wildman–Crippen MR) is 120 cm³/mol. The van der Waals surface area contributed by atoms with Crippen LogP contribution in [0.1, 0.15) is 30.7 Å². The van der Waals surface area contributed by atoms with E-state index < -0.39 is 14.6 Å². The molecule has 1 aromatic carbocycles. The third-order valence-electron chi connectivity index (χ3n) is 5.73. The van der Waals surface area contributed by atoms with E-state index in [1.807, 2.05) is 6.07 Å². The number of nitrogens with one attached hydrogen (secondary N) is 1. The van der Waals surface area contributed by atoms with Gasteiger partial charge in [-0.05, 0) is 24.8 Å². The molecule has 6 nitrogen and oxygen atoms in total. The van der Waals surface area contributed by atoms with Gasteiger partial charge in [-0.3, -0.25) is 4.99 Å². The van der Waals surface area contributed by atoms with Crippen molar-refractivity contribution in [3.8, 4) is 0 Å². The van der Waals surface area contributed by atoms with Crippen LogP contribution in [0.15, 0.2) is 35.3 Å². The van der Waals surface area contributed by atoms with Crippen LogP contribution in [0.3, 0.4) is 0 Å². The Balaban J connectivity index is 0.00000261. The van der Waals surface area contributed by atoms with E-state index in [0.29, 0.717) is 38.5 Å². The lowest BCUT2D eigenvalue weighted by atomic mass is 9.99. The van der Waals surface area contributed by atoms with E-state index >= 15 is 0 Å². The Labute approximate surface area is 179 Å². The van der Waals surface area contributed by atoms with Gasteiger partial charge in [-0.25, -0.2) is 8.42 Å². The van der Waals surface area contributed by atoms with Crippen LogP contribution < -0.4 is 5.32 Å². The van der Waals surface area contributed by atoms with Gasteiger partial charge in [-0.2, -0.15) is 0 Å². The van der Waals surface area contributed by atoms with Crippen LogP contribution in [0.4, 0.5) is 0 Å². The second kappa shape index (κ2) is 9.56. The molecule has 1 aromatic rings. The molecule has 0 saturated carbocycles. The molecule has 0 aliphatic carbocycles. The summed E-state index contributed by atoms with van der Waals surface area (Å²) in [6, 6.07) is 10.5. The van der Waals surface area contributed by atoms with Gasteiger partial charge >= 0.3 is 0 Å². The molecule has 0 bridgehead atoms. The zero-order valence-corrected chi connectivity index (χ0v) is 19.2. The Bertz CT molecular complexity index is 734. The van der Waals surface area contributed by atoms with Gasteiger partial charge in [0.05, 0.1) is 4.75 Å². The van der Waals surface area contributed by atoms with Crippen LogP contribution in [-0.2, 0) is 14.6 Å². The summed E-state index contributed by atoms with van der Waals surface area (Å²) >= 11 is 0. The summed E-state index contributed by atoms with van der Waals surface area (Å²) in [6.45, 7) is 3.20. The average molecular weight is 507 g/mol. The van der Waals surface area contributed by atoms with Crippen LogP contribution in [0.5, 0.6) is 0 Å². The molecule has 2 fully saturated rings. The number of benzene rings is 1. The fourth-order valence-corrected chi connectivity index (χ4v) is 5.19. The smallest absolute Gasteiger partial charge is 0.193 e. The lowest BCUT2D eigenvalue weighted by Gasteiger charge is -2.36. The first-order valence-corrected chi connectivity index (χ1v) is 11.1. The Morgan fingerprint density at radius 3 is 2.56 bits per heavy atom. The van der Waals surface area contributed by atoms with Crippen molar-refractivity contribution in [2.75, 3.05) is 46.2 Å². The normalized spacial score (nSPS) is 23.0. The summed E-state index contributed by atoms with van der Waals surface area (Å²) in [5, 5.41) is 3.34. The molecule has 27 heavy (non-hydrogen) atoms. The van der Waals surface area contributed by atoms with Gasteiger partial charge in [-0.15, -0.1) is 24.0 Å². The molecule has 0 aromatic heterocycles. The quantitative estimate of drug-likeness (QED) is 0.385. The summed E-state index contributed by atoms with van der Waals surface area (Å²) in [7, 11) is -1.43. The molecule has 1 atom stereocenters. The maximum atomic E-state index is 12.4. The Morgan fingerprint density at radius 2 is 1.96 bits per heavy atom. The number of aliphatic imine (C=N–C) groups is 1. The predicted octanol–water partition coefficient (Wildman–Crippen LogP) is 2.26. The molecule has 2 saturated heterocycles. The highest BCUT2D eigenvalue weighted by molar-refractivity contribution is 14.0. The largest absolute Gasteiger partial charge is 0.381 e. The maximum absolute atomic E-state index is 12.4. The molecule has 0 amide bonds. The monoisotopic (exact) mass is 507 g/mol. The second-order valence-electron chi connectivity index (χ2n) is 7.31. The van der Waals surface area contributed by atoms with Gasteiger partial charge in [0.2, 0.25) is 0 Å². The number of halogens is 1. The zero-order valence-electron chi connectivity index (χ0n) is 16.1. The van der Waals surface area contributed by atoms with Crippen molar-refractivity contribution in [3.05, 3.63) is 35.9 Å². The minimum absolute atomic E-state index is 0. The first kappa shape index (κ1) is 22.4. The molecular weight excluding hydrogens is 477 g/mol. The number of likely N-dealkylation sites (tertiary alicyclic amines) is 1. The van der Waals surface area contributed by atoms with Crippen molar-refractivity contribution in [1.29, 1.82) is 0 Å². The number of hydrogen-bond donors (Lipinski definition) is 1. The maximum Gasteiger partial charge on any atom is 0.193 e. The first-order chi connectivity index (χ1) is 12.5. The summed E-state index contributed by atoms with van der Waals surface area (Å²) in [5.41, 5.74) is 1.35. The Morgan fingerprint density at radius 1 is 1.30 bits per heavy atom. The van der Waals surface area contributed by atoms with Crippen LogP contribution in [0, 0.1) is 0 Å². The molecule has 2 heterocycles. The highest BCUT2D eigenvalue weighted by Gasteiger charge is 2.42. The number of sulfone groups is 1. The van der Waals surface area contributed by atoms with Gasteiger partial charge < -0.3 is 15.0 Å². The van der Waals surface area contributed by atoms with Gasteiger partial charge in [0.1, 0.15) is 0 Å². The van der Waals surface area contributed by atoms with Crippen molar-refractivity contribution in [1.82, 2.24) is 10.2 Å². The molecule has 8 heteroatoms. The fourth-order valence-electron chi connectivity index (χ4n) is 3.94. The molecule has 0 spiro atoms. The lowest BCUT2D eigenvalue weighted by molar-refractivity contribution is 0.0755. The van der Waals surface area contributed by atoms with E-state index in [4.69, 9.17) is 4.74 Å². The average Bonchev–Trinajstić information content (AvgIpc) is 3.13. The summed E-state index contributed by atoms with van der Waals surface area (Å²) in [4.78, 5) is 6.63. The number of nitrogens with zero attached hydrogens (tertiary/aromatic N) is 2. The highest BCUT2D eigenvalue weighted by atomic mass is 127. The van der Waals surface area contributed by atoms with Crippen molar-refractivity contribution < 1.29 is 13.2 Å².